The number of carbonyl (C=O) groups is 2. The number of nitrogens with one attached hydrogen (secondary N) is 2. The summed E-state index contributed by atoms with van der Waals surface area (Å²) in [7, 11) is 5.51. The fraction of sp³-hybridized carbons (Fsp3) is 0.371. The number of imidazole rings is 1. The molecular weight excluding hydrogens is 621 g/mol. The molecule has 2 aromatic heterocycles. The Balaban J connectivity index is 1.20. The molecule has 0 radical (unpaired) electrons. The number of hydrogen-bond acceptors (Lipinski definition) is 7. The number of pyridine rings is 1. The highest BCUT2D eigenvalue weighted by molar-refractivity contribution is 6.36. The summed E-state index contributed by atoms with van der Waals surface area (Å²) in [6.07, 6.45) is 2.23. The molecule has 2 aliphatic heterocycles. The van der Waals surface area contributed by atoms with Gasteiger partial charge in [0.25, 0.3) is 11.8 Å². The van der Waals surface area contributed by atoms with Crippen LogP contribution in [0.25, 0.3) is 11.1 Å². The first-order valence-corrected chi connectivity index (χ1v) is 16.1. The quantitative estimate of drug-likeness (QED) is 0.240. The normalized spacial score (nSPS) is 16.7. The number of nitrogens with zero attached hydrogens (tertiary/aromatic N) is 5. The molecule has 0 bridgehead atoms. The third-order valence-corrected chi connectivity index (χ3v) is 9.40. The van der Waals surface area contributed by atoms with Crippen molar-refractivity contribution in [2.45, 2.75) is 45.6 Å². The third kappa shape index (κ3) is 6.94. The molecule has 2 aromatic carbocycles. The van der Waals surface area contributed by atoms with Gasteiger partial charge in [-0.2, -0.15) is 0 Å². The van der Waals surface area contributed by atoms with Gasteiger partial charge in [0, 0.05) is 76.4 Å². The maximum Gasteiger partial charge on any atom is 0.291 e. The maximum atomic E-state index is 13.7. The summed E-state index contributed by atoms with van der Waals surface area (Å²) in [5.74, 6) is -0.359. The number of amides is 2. The fourth-order valence-electron chi connectivity index (χ4n) is 6.38. The molecule has 4 aromatic rings. The van der Waals surface area contributed by atoms with Gasteiger partial charge in [0.1, 0.15) is 11.9 Å². The summed E-state index contributed by atoms with van der Waals surface area (Å²) in [5.41, 5.74) is 7.37. The number of halogens is 2. The second-order valence-corrected chi connectivity index (χ2v) is 12.7. The highest BCUT2D eigenvalue weighted by Gasteiger charge is 2.26. The zero-order valence-electron chi connectivity index (χ0n) is 27.1. The largest absolute Gasteiger partial charge is 0.380 e. The van der Waals surface area contributed by atoms with Crippen LogP contribution < -0.4 is 10.6 Å². The molecule has 1 saturated heterocycles. The Kier molecular flexibility index (Phi) is 9.70. The Bertz CT molecular complexity index is 1830. The predicted octanol–water partition coefficient (Wildman–Crippen LogP) is 5.63. The predicted molar refractivity (Wildman–Crippen MR) is 181 cm³/mol. The smallest absolute Gasteiger partial charge is 0.291 e. The average Bonchev–Trinajstić information content (AvgIpc) is 3.61. The summed E-state index contributed by atoms with van der Waals surface area (Å²) < 4.78 is 21.0. The van der Waals surface area contributed by atoms with Gasteiger partial charge < -0.3 is 24.8 Å². The number of benzene rings is 2. The molecule has 1 fully saturated rings. The Morgan fingerprint density at radius 2 is 1.79 bits per heavy atom. The van der Waals surface area contributed by atoms with E-state index in [1.807, 2.05) is 60.8 Å². The van der Waals surface area contributed by atoms with Crippen LogP contribution in [0.3, 0.4) is 0 Å². The van der Waals surface area contributed by atoms with Gasteiger partial charge in [-0.1, -0.05) is 35.9 Å². The van der Waals surface area contributed by atoms with E-state index in [9.17, 15) is 14.0 Å². The van der Waals surface area contributed by atoms with Gasteiger partial charge in [-0.05, 0) is 60.8 Å². The molecule has 10 nitrogen and oxygen atoms in total. The molecule has 1 atom stereocenters. The number of aromatic nitrogens is 3. The van der Waals surface area contributed by atoms with Crippen LogP contribution in [0.2, 0.25) is 5.02 Å². The summed E-state index contributed by atoms with van der Waals surface area (Å²) in [5, 5.41) is 6.33. The monoisotopic (exact) mass is 659 g/mol. The van der Waals surface area contributed by atoms with Crippen molar-refractivity contribution < 1.29 is 18.7 Å². The molecule has 47 heavy (non-hydrogen) atoms. The Morgan fingerprint density at radius 1 is 1.04 bits per heavy atom. The standard InChI is InChI=1S/C35H39ClFN7O3/c1-21-25(26-8-6-10-28(32(26)36)41-35(46)33-39-30-19-42(2)13-12-31(30)43(33)3)7-5-9-27(21)40-34(45)29-15-22(20-47-4)23(16-38-29)17-44-14-11-24(37)18-44/h5-10,15-16,24H,11-14,17-20H2,1-4H3,(H,40,45)(H,41,46). The number of fused-ring (bicyclic) bond motifs is 1. The molecule has 1 unspecified atom stereocenters. The van der Waals surface area contributed by atoms with E-state index in [4.69, 9.17) is 16.3 Å². The number of methoxy groups -OCH3 is 1. The van der Waals surface area contributed by atoms with Crippen LogP contribution in [0.5, 0.6) is 0 Å². The lowest BCUT2D eigenvalue weighted by atomic mass is 9.98. The van der Waals surface area contributed by atoms with Crippen molar-refractivity contribution in [3.63, 3.8) is 0 Å². The minimum absolute atomic E-state index is 0.251. The van der Waals surface area contributed by atoms with Crippen molar-refractivity contribution in [2.24, 2.45) is 7.05 Å². The second-order valence-electron chi connectivity index (χ2n) is 12.3. The van der Waals surface area contributed by atoms with E-state index in [1.165, 1.54) is 0 Å². The summed E-state index contributed by atoms with van der Waals surface area (Å²) in [4.78, 5) is 40.1. The molecule has 6 rings (SSSR count). The van der Waals surface area contributed by atoms with Gasteiger partial charge in [-0.3, -0.25) is 19.5 Å². The van der Waals surface area contributed by atoms with Gasteiger partial charge in [0.2, 0.25) is 0 Å². The van der Waals surface area contributed by atoms with E-state index < -0.39 is 6.17 Å². The maximum absolute atomic E-state index is 13.7. The van der Waals surface area contributed by atoms with Crippen LogP contribution in [-0.2, 0) is 37.9 Å². The van der Waals surface area contributed by atoms with Crippen LogP contribution >= 0.6 is 11.6 Å². The van der Waals surface area contributed by atoms with Crippen LogP contribution in [0, 0.1) is 6.92 Å². The summed E-state index contributed by atoms with van der Waals surface area (Å²) >= 11 is 6.91. The van der Waals surface area contributed by atoms with E-state index in [0.717, 1.165) is 46.6 Å². The lowest BCUT2D eigenvalue weighted by molar-refractivity contribution is 0.100. The minimum Gasteiger partial charge on any atom is -0.380 e. The van der Waals surface area contributed by atoms with E-state index in [1.54, 1.807) is 25.4 Å². The van der Waals surface area contributed by atoms with E-state index >= 15 is 0 Å². The summed E-state index contributed by atoms with van der Waals surface area (Å²) in [6, 6.07) is 12.8. The molecule has 0 spiro atoms. The van der Waals surface area contributed by atoms with Gasteiger partial charge in [-0.15, -0.1) is 0 Å². The van der Waals surface area contributed by atoms with E-state index in [-0.39, 0.29) is 17.5 Å². The highest BCUT2D eigenvalue weighted by Crippen LogP contribution is 2.37. The lowest BCUT2D eigenvalue weighted by Gasteiger charge is -2.21. The van der Waals surface area contributed by atoms with E-state index in [2.05, 4.69) is 25.5 Å². The number of hydrogen-bond donors (Lipinski definition) is 2. The third-order valence-electron chi connectivity index (χ3n) is 8.99. The SMILES string of the molecule is COCc1cc(C(=O)Nc2cccc(-c3cccc(NC(=O)c4nc5c(n4C)CCN(C)C5)c3Cl)c2C)ncc1CN1CCC(F)C1. The van der Waals surface area contributed by atoms with Gasteiger partial charge in [-0.25, -0.2) is 9.37 Å². The fourth-order valence-corrected chi connectivity index (χ4v) is 6.65. The zero-order valence-corrected chi connectivity index (χ0v) is 27.8. The molecule has 0 saturated carbocycles. The molecule has 2 aliphatic rings. The first-order chi connectivity index (χ1) is 22.6. The molecule has 2 N–H and O–H groups in total. The first-order valence-electron chi connectivity index (χ1n) is 15.7. The van der Waals surface area contributed by atoms with Gasteiger partial charge >= 0.3 is 0 Å². The number of likely N-dealkylation sites (tertiary alicyclic amines) is 1. The van der Waals surface area contributed by atoms with Crippen LogP contribution in [0.15, 0.2) is 48.7 Å². The molecule has 2 amide bonds. The Hall–Kier alpha value is -4.16. The van der Waals surface area contributed by atoms with Crippen molar-refractivity contribution >= 4 is 34.8 Å². The summed E-state index contributed by atoms with van der Waals surface area (Å²) in [6.45, 7) is 5.47. The van der Waals surface area contributed by atoms with Crippen molar-refractivity contribution in [3.8, 4) is 11.1 Å². The molecule has 0 aliphatic carbocycles. The van der Waals surface area contributed by atoms with Crippen molar-refractivity contribution in [1.82, 2.24) is 24.3 Å². The van der Waals surface area contributed by atoms with Crippen LogP contribution in [-0.4, -0.2) is 76.1 Å². The second kappa shape index (κ2) is 13.9. The van der Waals surface area contributed by atoms with Crippen LogP contribution in [0.1, 0.15) is 55.6 Å². The Labute approximate surface area is 278 Å². The zero-order chi connectivity index (χ0) is 33.2. The number of carbonyl (C=O) groups excluding carboxylic acids is 2. The molecular formula is C35H39ClFN7O3. The van der Waals surface area contributed by atoms with Crippen molar-refractivity contribution in [1.29, 1.82) is 0 Å². The highest BCUT2D eigenvalue weighted by atomic mass is 35.5. The van der Waals surface area contributed by atoms with Gasteiger partial charge in [0.05, 0.1) is 23.0 Å². The average molecular weight is 660 g/mol. The topological polar surface area (TPSA) is 105 Å². The van der Waals surface area contributed by atoms with Gasteiger partial charge in [0.15, 0.2) is 5.82 Å². The number of likely N-dealkylation sites (N-methyl/N-ethyl adjacent to an activating group) is 1. The molecule has 246 valence electrons. The lowest BCUT2D eigenvalue weighted by Crippen LogP contribution is -2.27. The molecule has 12 heteroatoms. The molecule has 4 heterocycles. The number of alkyl halides is 1. The first kappa shape index (κ1) is 32.8. The number of ether oxygens (including phenoxy) is 1. The van der Waals surface area contributed by atoms with Crippen molar-refractivity contribution in [2.75, 3.05) is 44.4 Å². The van der Waals surface area contributed by atoms with Crippen molar-refractivity contribution in [3.05, 3.63) is 93.3 Å². The minimum atomic E-state index is -0.812. The number of rotatable bonds is 9. The van der Waals surface area contributed by atoms with Crippen LogP contribution in [0.4, 0.5) is 15.8 Å². The van der Waals surface area contributed by atoms with E-state index in [0.29, 0.717) is 67.0 Å². The Morgan fingerprint density at radius 3 is 2.53 bits per heavy atom. The number of anilines is 2.